The third kappa shape index (κ3) is 4.53. The second-order valence-electron chi connectivity index (χ2n) is 5.09. The maximum atomic E-state index is 12.3. The van der Waals surface area contributed by atoms with Crippen molar-refractivity contribution < 1.29 is 9.59 Å². The smallest absolute Gasteiger partial charge is 0.250 e. The highest BCUT2D eigenvalue weighted by atomic mass is 32.2. The summed E-state index contributed by atoms with van der Waals surface area (Å²) in [4.78, 5) is 32.3. The first-order valence-electron chi connectivity index (χ1n) is 7.05. The van der Waals surface area contributed by atoms with Crippen LogP contribution in [0, 0.1) is 13.8 Å². The van der Waals surface area contributed by atoms with Crippen molar-refractivity contribution in [1.29, 1.82) is 0 Å². The van der Waals surface area contributed by atoms with Gasteiger partial charge in [-0.15, -0.1) is 0 Å². The lowest BCUT2D eigenvalue weighted by Gasteiger charge is -2.13. The number of amides is 2. The number of nitrogens with one attached hydrogen (secondary N) is 1. The number of primary amides is 1. The zero-order valence-electron chi connectivity index (χ0n) is 13.2. The predicted molar refractivity (Wildman–Crippen MR) is 90.4 cm³/mol. The molecule has 2 aromatic rings. The SMILES string of the molecule is Cc1cc(C)nc(S[C@@H](C)C(=O)Nc2ccccc2C(N)=O)n1. The molecule has 0 aliphatic rings. The van der Waals surface area contributed by atoms with Crippen molar-refractivity contribution in [2.24, 2.45) is 5.73 Å². The molecule has 0 aliphatic heterocycles. The largest absolute Gasteiger partial charge is 0.366 e. The third-order valence-corrected chi connectivity index (χ3v) is 4.02. The van der Waals surface area contributed by atoms with E-state index in [1.807, 2.05) is 19.9 Å². The van der Waals surface area contributed by atoms with Gasteiger partial charge in [-0.3, -0.25) is 9.59 Å². The molecular formula is C16H18N4O2S. The zero-order valence-corrected chi connectivity index (χ0v) is 14.0. The summed E-state index contributed by atoms with van der Waals surface area (Å²) in [7, 11) is 0. The van der Waals surface area contributed by atoms with Crippen LogP contribution in [0.25, 0.3) is 0 Å². The normalized spacial score (nSPS) is 11.8. The van der Waals surface area contributed by atoms with Gasteiger partial charge in [0.1, 0.15) is 0 Å². The van der Waals surface area contributed by atoms with E-state index in [2.05, 4.69) is 15.3 Å². The van der Waals surface area contributed by atoms with Crippen LogP contribution in [0.15, 0.2) is 35.5 Å². The van der Waals surface area contributed by atoms with Gasteiger partial charge in [0.05, 0.1) is 16.5 Å². The number of thioether (sulfide) groups is 1. The van der Waals surface area contributed by atoms with Crippen LogP contribution in [0.1, 0.15) is 28.7 Å². The highest BCUT2D eigenvalue weighted by molar-refractivity contribution is 8.00. The Bertz CT molecular complexity index is 728. The van der Waals surface area contributed by atoms with E-state index in [4.69, 9.17) is 5.73 Å². The molecule has 6 nitrogen and oxygen atoms in total. The number of rotatable bonds is 5. The molecule has 3 N–H and O–H groups in total. The van der Waals surface area contributed by atoms with Crippen LogP contribution in [0.4, 0.5) is 5.69 Å². The summed E-state index contributed by atoms with van der Waals surface area (Å²) in [5.41, 5.74) is 7.69. The van der Waals surface area contributed by atoms with Crippen LogP contribution in [0.2, 0.25) is 0 Å². The summed E-state index contributed by atoms with van der Waals surface area (Å²) < 4.78 is 0. The molecule has 7 heteroatoms. The number of aromatic nitrogens is 2. The molecule has 120 valence electrons. The van der Waals surface area contributed by atoms with Gasteiger partial charge in [0.2, 0.25) is 5.91 Å². The molecule has 2 rings (SSSR count). The lowest BCUT2D eigenvalue weighted by Crippen LogP contribution is -2.25. The van der Waals surface area contributed by atoms with Crippen LogP contribution in [0.3, 0.4) is 0 Å². The molecule has 0 bridgehead atoms. The van der Waals surface area contributed by atoms with Crippen molar-refractivity contribution in [1.82, 2.24) is 9.97 Å². The van der Waals surface area contributed by atoms with E-state index in [0.29, 0.717) is 10.8 Å². The van der Waals surface area contributed by atoms with Crippen molar-refractivity contribution in [3.05, 3.63) is 47.3 Å². The summed E-state index contributed by atoms with van der Waals surface area (Å²) in [6.07, 6.45) is 0. The molecule has 0 saturated carbocycles. The summed E-state index contributed by atoms with van der Waals surface area (Å²) in [6, 6.07) is 8.51. The molecule has 1 aromatic heterocycles. The monoisotopic (exact) mass is 330 g/mol. The molecule has 1 heterocycles. The summed E-state index contributed by atoms with van der Waals surface area (Å²) in [5, 5.41) is 2.86. The van der Waals surface area contributed by atoms with E-state index in [1.54, 1.807) is 31.2 Å². The standard InChI is InChI=1S/C16H18N4O2S/c1-9-8-10(2)19-16(18-9)23-11(3)15(22)20-13-7-5-4-6-12(13)14(17)21/h4-8,11H,1-3H3,(H2,17,21)(H,20,22)/t11-/m0/s1. The highest BCUT2D eigenvalue weighted by Gasteiger charge is 2.18. The summed E-state index contributed by atoms with van der Waals surface area (Å²) >= 11 is 1.26. The van der Waals surface area contributed by atoms with Gasteiger partial charge in [0, 0.05) is 11.4 Å². The van der Waals surface area contributed by atoms with E-state index < -0.39 is 11.2 Å². The minimum Gasteiger partial charge on any atom is -0.366 e. The van der Waals surface area contributed by atoms with Crippen LogP contribution in [-0.2, 0) is 4.79 Å². The van der Waals surface area contributed by atoms with Gasteiger partial charge in [-0.05, 0) is 39.0 Å². The molecule has 0 saturated heterocycles. The zero-order chi connectivity index (χ0) is 17.0. The summed E-state index contributed by atoms with van der Waals surface area (Å²) in [6.45, 7) is 5.52. The number of anilines is 1. The van der Waals surface area contributed by atoms with Crippen molar-refractivity contribution in [3.63, 3.8) is 0 Å². The number of benzene rings is 1. The second-order valence-corrected chi connectivity index (χ2v) is 6.40. The van der Waals surface area contributed by atoms with E-state index in [0.717, 1.165) is 11.4 Å². The van der Waals surface area contributed by atoms with Crippen molar-refractivity contribution in [3.8, 4) is 0 Å². The first-order chi connectivity index (χ1) is 10.9. The Hall–Kier alpha value is -2.41. The van der Waals surface area contributed by atoms with Gasteiger partial charge in [-0.1, -0.05) is 23.9 Å². The molecule has 0 aliphatic carbocycles. The third-order valence-electron chi connectivity index (χ3n) is 3.06. The van der Waals surface area contributed by atoms with Crippen LogP contribution in [0.5, 0.6) is 0 Å². The van der Waals surface area contributed by atoms with Gasteiger partial charge < -0.3 is 11.1 Å². The molecule has 0 unspecified atom stereocenters. The molecular weight excluding hydrogens is 312 g/mol. The first kappa shape index (κ1) is 17.0. The highest BCUT2D eigenvalue weighted by Crippen LogP contribution is 2.22. The molecule has 0 fully saturated rings. The minimum absolute atomic E-state index is 0.244. The van der Waals surface area contributed by atoms with Crippen molar-refractivity contribution >= 4 is 29.3 Å². The fourth-order valence-corrected chi connectivity index (χ4v) is 2.87. The Kier molecular flexibility index (Phi) is 5.33. The number of carbonyl (C=O) groups excluding carboxylic acids is 2. The van der Waals surface area contributed by atoms with Crippen LogP contribution >= 0.6 is 11.8 Å². The number of nitrogens with two attached hydrogens (primary N) is 1. The maximum absolute atomic E-state index is 12.3. The number of hydrogen-bond donors (Lipinski definition) is 2. The quantitative estimate of drug-likeness (QED) is 0.647. The lowest BCUT2D eigenvalue weighted by atomic mass is 10.1. The number of hydrogen-bond acceptors (Lipinski definition) is 5. The van der Waals surface area contributed by atoms with Gasteiger partial charge in [-0.2, -0.15) is 0 Å². The van der Waals surface area contributed by atoms with Gasteiger partial charge in [-0.25, -0.2) is 9.97 Å². The Morgan fingerprint density at radius 2 is 1.78 bits per heavy atom. The number of para-hydroxylation sites is 1. The van der Waals surface area contributed by atoms with E-state index in [9.17, 15) is 9.59 Å². The lowest BCUT2D eigenvalue weighted by molar-refractivity contribution is -0.115. The Labute approximate surface area is 138 Å². The van der Waals surface area contributed by atoms with Crippen LogP contribution in [-0.4, -0.2) is 27.0 Å². The van der Waals surface area contributed by atoms with Crippen molar-refractivity contribution in [2.45, 2.75) is 31.2 Å². The van der Waals surface area contributed by atoms with Gasteiger partial charge in [0.25, 0.3) is 5.91 Å². The minimum atomic E-state index is -0.584. The van der Waals surface area contributed by atoms with Gasteiger partial charge in [0.15, 0.2) is 5.16 Å². The second kappa shape index (κ2) is 7.23. The molecule has 23 heavy (non-hydrogen) atoms. The average Bonchev–Trinajstić information content (AvgIpc) is 2.46. The molecule has 1 atom stereocenters. The Morgan fingerprint density at radius 3 is 2.39 bits per heavy atom. The number of carbonyl (C=O) groups is 2. The average molecular weight is 330 g/mol. The van der Waals surface area contributed by atoms with E-state index in [1.165, 1.54) is 11.8 Å². The van der Waals surface area contributed by atoms with Crippen molar-refractivity contribution in [2.75, 3.05) is 5.32 Å². The number of nitrogens with zero attached hydrogens (tertiary/aromatic N) is 2. The molecule has 0 radical (unpaired) electrons. The van der Waals surface area contributed by atoms with Gasteiger partial charge >= 0.3 is 0 Å². The fraction of sp³-hybridized carbons (Fsp3) is 0.250. The topological polar surface area (TPSA) is 98.0 Å². The van der Waals surface area contributed by atoms with E-state index >= 15 is 0 Å². The van der Waals surface area contributed by atoms with Crippen LogP contribution < -0.4 is 11.1 Å². The Balaban J connectivity index is 2.10. The molecule has 2 amide bonds. The first-order valence-corrected chi connectivity index (χ1v) is 7.93. The number of aryl methyl sites for hydroxylation is 2. The molecule has 0 spiro atoms. The molecule has 1 aromatic carbocycles. The van der Waals surface area contributed by atoms with E-state index in [-0.39, 0.29) is 11.5 Å². The maximum Gasteiger partial charge on any atom is 0.250 e. The summed E-state index contributed by atoms with van der Waals surface area (Å²) in [5.74, 6) is -0.828. The fourth-order valence-electron chi connectivity index (χ4n) is 2.00. The Morgan fingerprint density at radius 1 is 1.17 bits per heavy atom. The predicted octanol–water partition coefficient (Wildman–Crippen LogP) is 2.31.